The van der Waals surface area contributed by atoms with Crippen LogP contribution in [0.15, 0.2) is 30.0 Å². The summed E-state index contributed by atoms with van der Waals surface area (Å²) in [6.45, 7) is 2.71. The van der Waals surface area contributed by atoms with Crippen LogP contribution in [0.25, 0.3) is 0 Å². The van der Waals surface area contributed by atoms with Crippen molar-refractivity contribution in [1.29, 1.82) is 0 Å². The lowest BCUT2D eigenvalue weighted by Crippen LogP contribution is -2.19. The smallest absolute Gasteiger partial charge is 0.254 e. The van der Waals surface area contributed by atoms with E-state index >= 15 is 0 Å². The summed E-state index contributed by atoms with van der Waals surface area (Å²) in [6.07, 6.45) is 3.25. The van der Waals surface area contributed by atoms with Crippen LogP contribution in [0.3, 0.4) is 0 Å². The number of anilines is 2. The molecule has 0 aromatic heterocycles. The fourth-order valence-corrected chi connectivity index (χ4v) is 2.18. The zero-order chi connectivity index (χ0) is 13.8. The van der Waals surface area contributed by atoms with Crippen molar-refractivity contribution in [2.24, 2.45) is 0 Å². The van der Waals surface area contributed by atoms with Crippen molar-refractivity contribution in [2.75, 3.05) is 30.9 Å². The Balaban J connectivity index is 2.17. The highest BCUT2D eigenvalue weighted by molar-refractivity contribution is 6.04. The Morgan fingerprint density at radius 3 is 2.79 bits per heavy atom. The van der Waals surface area contributed by atoms with Gasteiger partial charge in [0.15, 0.2) is 0 Å². The Morgan fingerprint density at radius 2 is 2.16 bits per heavy atom. The SMILES string of the molecule is Cc1c(NC(=O)C2=COCCC2)cccc1N(C)C. The van der Waals surface area contributed by atoms with Crippen molar-refractivity contribution < 1.29 is 9.53 Å². The van der Waals surface area contributed by atoms with Gasteiger partial charge in [-0.25, -0.2) is 0 Å². The van der Waals surface area contributed by atoms with E-state index in [2.05, 4.69) is 5.32 Å². The number of rotatable bonds is 3. The van der Waals surface area contributed by atoms with Crippen LogP contribution in [0.4, 0.5) is 11.4 Å². The number of nitrogens with one attached hydrogen (secondary N) is 1. The molecule has 2 rings (SSSR count). The van der Waals surface area contributed by atoms with E-state index in [9.17, 15) is 4.79 Å². The highest BCUT2D eigenvalue weighted by Crippen LogP contribution is 2.26. The molecule has 4 nitrogen and oxygen atoms in total. The van der Waals surface area contributed by atoms with Gasteiger partial charge in [-0.2, -0.15) is 0 Å². The molecular formula is C15H20N2O2. The van der Waals surface area contributed by atoms with Crippen LogP contribution < -0.4 is 10.2 Å². The van der Waals surface area contributed by atoms with Crippen molar-refractivity contribution in [1.82, 2.24) is 0 Å². The molecule has 1 aliphatic heterocycles. The molecule has 1 amide bonds. The third-order valence-corrected chi connectivity index (χ3v) is 3.26. The molecule has 1 aromatic carbocycles. The van der Waals surface area contributed by atoms with Gasteiger partial charge in [-0.1, -0.05) is 6.07 Å². The van der Waals surface area contributed by atoms with Crippen LogP contribution in [-0.4, -0.2) is 26.6 Å². The second-order valence-corrected chi connectivity index (χ2v) is 4.92. The van der Waals surface area contributed by atoms with Crippen LogP contribution in [0, 0.1) is 6.92 Å². The van der Waals surface area contributed by atoms with E-state index in [1.54, 1.807) is 6.26 Å². The Kier molecular flexibility index (Phi) is 4.10. The molecule has 4 heteroatoms. The van der Waals surface area contributed by atoms with Crippen LogP contribution in [-0.2, 0) is 9.53 Å². The molecule has 1 aromatic rings. The summed E-state index contributed by atoms with van der Waals surface area (Å²) in [4.78, 5) is 14.2. The Morgan fingerprint density at radius 1 is 1.37 bits per heavy atom. The minimum Gasteiger partial charge on any atom is -0.501 e. The van der Waals surface area contributed by atoms with Gasteiger partial charge < -0.3 is 15.0 Å². The topological polar surface area (TPSA) is 41.6 Å². The van der Waals surface area contributed by atoms with Gasteiger partial charge in [0.1, 0.15) is 0 Å². The molecule has 1 N–H and O–H groups in total. The van der Waals surface area contributed by atoms with Crippen molar-refractivity contribution in [2.45, 2.75) is 19.8 Å². The molecule has 0 saturated heterocycles. The summed E-state index contributed by atoms with van der Waals surface area (Å²) in [5.41, 5.74) is 3.73. The molecule has 0 unspecified atom stereocenters. The molecule has 0 atom stereocenters. The lowest BCUT2D eigenvalue weighted by molar-refractivity contribution is -0.113. The van der Waals surface area contributed by atoms with Gasteiger partial charge in [0, 0.05) is 25.5 Å². The molecule has 0 bridgehead atoms. The van der Waals surface area contributed by atoms with Gasteiger partial charge in [-0.15, -0.1) is 0 Å². The van der Waals surface area contributed by atoms with Crippen LogP contribution >= 0.6 is 0 Å². The Bertz CT molecular complexity index is 507. The summed E-state index contributed by atoms with van der Waals surface area (Å²) in [7, 11) is 3.98. The standard InChI is InChI=1S/C15H20N2O2/c1-11-13(7-4-8-14(11)17(2)3)16-15(18)12-6-5-9-19-10-12/h4,7-8,10H,5-6,9H2,1-3H3,(H,16,18). The van der Waals surface area contributed by atoms with Gasteiger partial charge in [0.05, 0.1) is 18.4 Å². The second-order valence-electron chi connectivity index (χ2n) is 4.92. The number of ether oxygens (including phenoxy) is 1. The summed E-state index contributed by atoms with van der Waals surface area (Å²) in [6, 6.07) is 5.90. The third kappa shape index (κ3) is 3.08. The van der Waals surface area contributed by atoms with Gasteiger partial charge >= 0.3 is 0 Å². The maximum atomic E-state index is 12.1. The van der Waals surface area contributed by atoms with Crippen LogP contribution in [0.5, 0.6) is 0 Å². The van der Waals surface area contributed by atoms with Crippen molar-refractivity contribution in [3.05, 3.63) is 35.6 Å². The Hall–Kier alpha value is -1.97. The first kappa shape index (κ1) is 13.5. The number of hydrogen-bond acceptors (Lipinski definition) is 3. The summed E-state index contributed by atoms with van der Waals surface area (Å²) in [5.74, 6) is -0.0706. The van der Waals surface area contributed by atoms with E-state index in [1.807, 2.05) is 44.1 Å². The first-order chi connectivity index (χ1) is 9.09. The predicted octanol–water partition coefficient (Wildman–Crippen LogP) is 2.69. The highest BCUT2D eigenvalue weighted by Gasteiger charge is 2.15. The van der Waals surface area contributed by atoms with E-state index in [4.69, 9.17) is 4.74 Å². The van der Waals surface area contributed by atoms with Crippen LogP contribution in [0.1, 0.15) is 18.4 Å². The quantitative estimate of drug-likeness (QED) is 0.908. The first-order valence-electron chi connectivity index (χ1n) is 6.48. The number of amides is 1. The maximum Gasteiger partial charge on any atom is 0.254 e. The summed E-state index contributed by atoms with van der Waals surface area (Å²) in [5, 5.41) is 2.96. The normalized spacial score (nSPS) is 14.4. The summed E-state index contributed by atoms with van der Waals surface area (Å²) < 4.78 is 5.20. The monoisotopic (exact) mass is 260 g/mol. The Labute approximate surface area is 114 Å². The molecule has 19 heavy (non-hydrogen) atoms. The van der Waals surface area contributed by atoms with Gasteiger partial charge in [-0.05, 0) is 37.5 Å². The lowest BCUT2D eigenvalue weighted by atomic mass is 10.1. The van der Waals surface area contributed by atoms with Gasteiger partial charge in [0.2, 0.25) is 0 Å². The first-order valence-corrected chi connectivity index (χ1v) is 6.48. The molecule has 102 valence electrons. The fraction of sp³-hybridized carbons (Fsp3) is 0.400. The zero-order valence-electron chi connectivity index (χ0n) is 11.7. The largest absolute Gasteiger partial charge is 0.501 e. The molecule has 0 radical (unpaired) electrons. The van der Waals surface area contributed by atoms with Gasteiger partial charge in [-0.3, -0.25) is 4.79 Å². The minimum absolute atomic E-state index is 0.0706. The molecule has 0 aliphatic carbocycles. The number of benzene rings is 1. The van der Waals surface area contributed by atoms with Gasteiger partial charge in [0.25, 0.3) is 5.91 Å². The average Bonchev–Trinajstić information content (AvgIpc) is 2.41. The average molecular weight is 260 g/mol. The van der Waals surface area contributed by atoms with Crippen molar-refractivity contribution in [3.63, 3.8) is 0 Å². The minimum atomic E-state index is -0.0706. The van der Waals surface area contributed by atoms with E-state index in [0.29, 0.717) is 12.2 Å². The molecule has 1 heterocycles. The van der Waals surface area contributed by atoms with E-state index < -0.39 is 0 Å². The number of carbonyl (C=O) groups excluding carboxylic acids is 1. The zero-order valence-corrected chi connectivity index (χ0v) is 11.7. The molecule has 0 saturated carbocycles. The van der Waals surface area contributed by atoms with Crippen molar-refractivity contribution >= 4 is 17.3 Å². The lowest BCUT2D eigenvalue weighted by Gasteiger charge is -2.19. The molecule has 0 spiro atoms. The van der Waals surface area contributed by atoms with Crippen LogP contribution in [0.2, 0.25) is 0 Å². The van der Waals surface area contributed by atoms with Crippen molar-refractivity contribution in [3.8, 4) is 0 Å². The number of nitrogens with zero attached hydrogens (tertiary/aromatic N) is 1. The maximum absolute atomic E-state index is 12.1. The molecular weight excluding hydrogens is 240 g/mol. The highest BCUT2D eigenvalue weighted by atomic mass is 16.5. The predicted molar refractivity (Wildman–Crippen MR) is 77.4 cm³/mol. The van der Waals surface area contributed by atoms with E-state index in [0.717, 1.165) is 29.8 Å². The molecule has 0 fully saturated rings. The number of carbonyl (C=O) groups is 1. The number of hydrogen-bond donors (Lipinski definition) is 1. The fourth-order valence-electron chi connectivity index (χ4n) is 2.18. The van der Waals surface area contributed by atoms with E-state index in [-0.39, 0.29) is 5.91 Å². The van der Waals surface area contributed by atoms with E-state index in [1.165, 1.54) is 0 Å². The second kappa shape index (κ2) is 5.78. The molecule has 1 aliphatic rings. The third-order valence-electron chi connectivity index (χ3n) is 3.26. The summed E-state index contributed by atoms with van der Waals surface area (Å²) >= 11 is 0.